The monoisotopic (exact) mass is 336 g/mol. The van der Waals surface area contributed by atoms with Crippen LogP contribution in [0.15, 0.2) is 54.7 Å². The number of carbonyl (C=O) groups is 1. The van der Waals surface area contributed by atoms with Crippen LogP contribution in [0.25, 0.3) is 10.9 Å². The Kier molecular flexibility index (Phi) is 4.79. The summed E-state index contributed by atoms with van der Waals surface area (Å²) >= 11 is 0. The molecule has 4 nitrogen and oxygen atoms in total. The van der Waals surface area contributed by atoms with Gasteiger partial charge in [0.2, 0.25) is 5.91 Å². The average Bonchev–Trinajstić information content (AvgIpc) is 2.97. The van der Waals surface area contributed by atoms with Crippen LogP contribution in [0.2, 0.25) is 0 Å². The molecule has 0 radical (unpaired) electrons. The molecular formula is C21H24N2O2. The smallest absolute Gasteiger partial charge is 0.224 e. The molecule has 0 bridgehead atoms. The second-order valence-corrected chi connectivity index (χ2v) is 6.99. The molecular weight excluding hydrogens is 312 g/mol. The van der Waals surface area contributed by atoms with Gasteiger partial charge in [-0.1, -0.05) is 30.3 Å². The van der Waals surface area contributed by atoms with E-state index < -0.39 is 0 Å². The van der Waals surface area contributed by atoms with E-state index in [1.54, 1.807) is 7.11 Å². The van der Waals surface area contributed by atoms with Crippen LogP contribution >= 0.6 is 0 Å². The van der Waals surface area contributed by atoms with E-state index in [1.165, 1.54) is 10.9 Å². The highest BCUT2D eigenvalue weighted by atomic mass is 16.5. The number of nitrogens with one attached hydrogen (secondary N) is 2. The molecule has 0 saturated carbocycles. The van der Waals surface area contributed by atoms with Crippen molar-refractivity contribution >= 4 is 16.8 Å². The molecule has 0 aliphatic rings. The van der Waals surface area contributed by atoms with Crippen molar-refractivity contribution in [1.82, 2.24) is 10.3 Å². The van der Waals surface area contributed by atoms with Gasteiger partial charge < -0.3 is 15.0 Å². The third-order valence-corrected chi connectivity index (χ3v) is 4.31. The standard InChI is InChI=1S/C21H24N2O2/c1-21(2,13-16-14-22-19-7-5-4-6-18(16)19)23-20(24)12-15-8-10-17(25-3)11-9-15/h4-11,14,22H,12-13H2,1-3H3,(H,23,24). The summed E-state index contributed by atoms with van der Waals surface area (Å²) < 4.78 is 5.15. The molecule has 1 amide bonds. The molecule has 2 N–H and O–H groups in total. The fourth-order valence-corrected chi connectivity index (χ4v) is 3.15. The maximum atomic E-state index is 12.4. The van der Waals surface area contributed by atoms with Crippen molar-refractivity contribution in [1.29, 1.82) is 0 Å². The van der Waals surface area contributed by atoms with E-state index in [2.05, 4.69) is 36.3 Å². The van der Waals surface area contributed by atoms with Gasteiger partial charge in [0.15, 0.2) is 0 Å². The molecule has 1 aromatic heterocycles. The van der Waals surface area contributed by atoms with Crippen molar-refractivity contribution < 1.29 is 9.53 Å². The van der Waals surface area contributed by atoms with Crippen LogP contribution in [0.4, 0.5) is 0 Å². The summed E-state index contributed by atoms with van der Waals surface area (Å²) in [4.78, 5) is 15.7. The lowest BCUT2D eigenvalue weighted by atomic mass is 9.94. The van der Waals surface area contributed by atoms with E-state index in [0.717, 1.165) is 23.3 Å². The maximum absolute atomic E-state index is 12.4. The molecule has 25 heavy (non-hydrogen) atoms. The Morgan fingerprint density at radius 1 is 1.12 bits per heavy atom. The average molecular weight is 336 g/mol. The first kappa shape index (κ1) is 17.1. The van der Waals surface area contributed by atoms with Crippen molar-refractivity contribution in [3.8, 4) is 5.75 Å². The number of hydrogen-bond acceptors (Lipinski definition) is 2. The Bertz CT molecular complexity index is 863. The predicted molar refractivity (Wildman–Crippen MR) is 101 cm³/mol. The van der Waals surface area contributed by atoms with E-state index in [0.29, 0.717) is 6.42 Å². The lowest BCUT2D eigenvalue weighted by molar-refractivity contribution is -0.122. The number of fused-ring (bicyclic) bond motifs is 1. The Morgan fingerprint density at radius 2 is 1.84 bits per heavy atom. The Hall–Kier alpha value is -2.75. The zero-order chi connectivity index (χ0) is 17.9. The normalized spacial score (nSPS) is 11.5. The number of aromatic amines is 1. The van der Waals surface area contributed by atoms with Gasteiger partial charge in [-0.15, -0.1) is 0 Å². The van der Waals surface area contributed by atoms with Crippen LogP contribution in [0.1, 0.15) is 25.0 Å². The molecule has 2 aromatic carbocycles. The Labute approximate surface area is 148 Å². The molecule has 0 atom stereocenters. The number of hydrogen-bond donors (Lipinski definition) is 2. The highest BCUT2D eigenvalue weighted by Gasteiger charge is 2.22. The van der Waals surface area contributed by atoms with Crippen molar-refractivity contribution in [3.05, 3.63) is 65.9 Å². The second-order valence-electron chi connectivity index (χ2n) is 6.99. The summed E-state index contributed by atoms with van der Waals surface area (Å²) in [6, 6.07) is 15.8. The van der Waals surface area contributed by atoms with Gasteiger partial charge in [-0.2, -0.15) is 0 Å². The van der Waals surface area contributed by atoms with E-state index >= 15 is 0 Å². The third-order valence-electron chi connectivity index (χ3n) is 4.31. The molecule has 0 spiro atoms. The number of rotatable bonds is 6. The molecule has 0 aliphatic heterocycles. The van der Waals surface area contributed by atoms with Crippen LogP contribution in [0, 0.1) is 0 Å². The van der Waals surface area contributed by atoms with Gasteiger partial charge in [-0.3, -0.25) is 4.79 Å². The number of ether oxygens (including phenoxy) is 1. The Balaban J connectivity index is 1.64. The van der Waals surface area contributed by atoms with Crippen LogP contribution in [-0.4, -0.2) is 23.5 Å². The van der Waals surface area contributed by atoms with Gasteiger partial charge in [0, 0.05) is 22.6 Å². The summed E-state index contributed by atoms with van der Waals surface area (Å²) in [7, 11) is 1.63. The van der Waals surface area contributed by atoms with Crippen LogP contribution in [0.5, 0.6) is 5.75 Å². The van der Waals surface area contributed by atoms with Gasteiger partial charge in [0.05, 0.1) is 13.5 Å². The number of H-pyrrole nitrogens is 1. The van der Waals surface area contributed by atoms with Gasteiger partial charge in [-0.05, 0) is 49.6 Å². The fourth-order valence-electron chi connectivity index (χ4n) is 3.15. The fraction of sp³-hybridized carbons (Fsp3) is 0.286. The Morgan fingerprint density at radius 3 is 2.56 bits per heavy atom. The molecule has 0 fully saturated rings. The molecule has 0 unspecified atom stereocenters. The summed E-state index contributed by atoms with van der Waals surface area (Å²) in [5.41, 5.74) is 2.98. The van der Waals surface area contributed by atoms with E-state index in [1.807, 2.05) is 42.6 Å². The van der Waals surface area contributed by atoms with E-state index in [9.17, 15) is 4.79 Å². The topological polar surface area (TPSA) is 54.1 Å². The third kappa shape index (κ3) is 4.21. The number of aromatic nitrogens is 1. The molecule has 0 saturated heterocycles. The van der Waals surface area contributed by atoms with Crippen molar-refractivity contribution in [3.63, 3.8) is 0 Å². The predicted octanol–water partition coefficient (Wildman–Crippen LogP) is 3.86. The van der Waals surface area contributed by atoms with Crippen molar-refractivity contribution in [2.45, 2.75) is 32.2 Å². The summed E-state index contributed by atoms with van der Waals surface area (Å²) in [6.07, 6.45) is 3.16. The van der Waals surface area contributed by atoms with Crippen LogP contribution in [0.3, 0.4) is 0 Å². The molecule has 0 aliphatic carbocycles. The summed E-state index contributed by atoms with van der Waals surface area (Å²) in [5.74, 6) is 0.818. The van der Waals surface area contributed by atoms with Gasteiger partial charge in [0.1, 0.15) is 5.75 Å². The number of methoxy groups -OCH3 is 1. The molecule has 3 aromatic rings. The minimum absolute atomic E-state index is 0.0232. The lowest BCUT2D eigenvalue weighted by Gasteiger charge is -2.26. The summed E-state index contributed by atoms with van der Waals surface area (Å²) in [5, 5.41) is 4.36. The first-order valence-corrected chi connectivity index (χ1v) is 8.46. The van der Waals surface area contributed by atoms with Crippen molar-refractivity contribution in [2.24, 2.45) is 0 Å². The molecule has 130 valence electrons. The van der Waals surface area contributed by atoms with Gasteiger partial charge >= 0.3 is 0 Å². The molecule has 4 heteroatoms. The zero-order valence-electron chi connectivity index (χ0n) is 14.9. The second kappa shape index (κ2) is 7.01. The SMILES string of the molecule is COc1ccc(CC(=O)NC(C)(C)Cc2c[nH]c3ccccc23)cc1. The number of benzene rings is 2. The van der Waals surface area contributed by atoms with Crippen molar-refractivity contribution in [2.75, 3.05) is 7.11 Å². The highest BCUT2D eigenvalue weighted by Crippen LogP contribution is 2.22. The van der Waals surface area contributed by atoms with Crippen LogP contribution in [-0.2, 0) is 17.6 Å². The first-order valence-electron chi connectivity index (χ1n) is 8.46. The number of para-hydroxylation sites is 1. The van der Waals surface area contributed by atoms with Gasteiger partial charge in [-0.25, -0.2) is 0 Å². The van der Waals surface area contributed by atoms with Gasteiger partial charge in [0.25, 0.3) is 0 Å². The first-order chi connectivity index (χ1) is 12.0. The lowest BCUT2D eigenvalue weighted by Crippen LogP contribution is -2.45. The molecule has 1 heterocycles. The highest BCUT2D eigenvalue weighted by molar-refractivity contribution is 5.83. The van der Waals surface area contributed by atoms with E-state index in [4.69, 9.17) is 4.74 Å². The minimum atomic E-state index is -0.325. The quantitative estimate of drug-likeness (QED) is 0.718. The maximum Gasteiger partial charge on any atom is 0.224 e. The number of amides is 1. The zero-order valence-corrected chi connectivity index (χ0v) is 14.9. The van der Waals surface area contributed by atoms with E-state index in [-0.39, 0.29) is 11.4 Å². The van der Waals surface area contributed by atoms with Crippen LogP contribution < -0.4 is 10.1 Å². The minimum Gasteiger partial charge on any atom is -0.497 e. The molecule has 3 rings (SSSR count). The summed E-state index contributed by atoms with van der Waals surface area (Å²) in [6.45, 7) is 4.11. The largest absolute Gasteiger partial charge is 0.497 e. The number of carbonyl (C=O) groups excluding carboxylic acids is 1.